The largest absolute Gasteiger partial charge is 0.497 e. The molecule has 0 saturated heterocycles. The molecule has 8 heteroatoms. The topological polar surface area (TPSA) is 40.6 Å². The number of ether oxygens (including phenoxy) is 3. The van der Waals surface area contributed by atoms with E-state index < -0.39 is 12.1 Å². The number of hydrogen-bond acceptors (Lipinski definition) is 5. The van der Waals surface area contributed by atoms with Gasteiger partial charge in [-0.05, 0) is 55.2 Å². The Morgan fingerprint density at radius 2 is 1.83 bits per heavy atom. The second-order valence-electron chi connectivity index (χ2n) is 6.59. The van der Waals surface area contributed by atoms with Crippen LogP contribution in [0.15, 0.2) is 36.4 Å². The minimum Gasteiger partial charge on any atom is -0.497 e. The minimum atomic E-state index is -4.17. The fraction of sp³-hybridized carbons (Fsp3) is 0.381. The van der Waals surface area contributed by atoms with Gasteiger partial charge in [-0.15, -0.1) is 0 Å². The summed E-state index contributed by atoms with van der Waals surface area (Å²) in [5, 5.41) is 0.447. The summed E-state index contributed by atoms with van der Waals surface area (Å²) >= 11 is 1.37. The van der Waals surface area contributed by atoms with Gasteiger partial charge in [0, 0.05) is 0 Å². The van der Waals surface area contributed by atoms with Crippen LogP contribution in [0.4, 0.5) is 13.2 Å². The average Bonchev–Trinajstić information content (AvgIpc) is 3.09. The zero-order valence-corrected chi connectivity index (χ0v) is 17.2. The van der Waals surface area contributed by atoms with Crippen molar-refractivity contribution < 1.29 is 27.4 Å². The molecule has 156 valence electrons. The van der Waals surface area contributed by atoms with E-state index in [0.29, 0.717) is 23.1 Å². The Morgan fingerprint density at radius 1 is 1.03 bits per heavy atom. The summed E-state index contributed by atoms with van der Waals surface area (Å²) in [4.78, 5) is 4.44. The van der Waals surface area contributed by atoms with Gasteiger partial charge in [-0.25, -0.2) is 4.98 Å². The molecule has 0 amide bonds. The third-order valence-electron chi connectivity index (χ3n) is 4.74. The van der Waals surface area contributed by atoms with Gasteiger partial charge in [-0.3, -0.25) is 0 Å². The van der Waals surface area contributed by atoms with Gasteiger partial charge >= 0.3 is 6.18 Å². The molecule has 29 heavy (non-hydrogen) atoms. The predicted molar refractivity (Wildman–Crippen MR) is 107 cm³/mol. The average molecular weight is 425 g/mol. The molecule has 0 N–H and O–H groups in total. The first-order valence-electron chi connectivity index (χ1n) is 9.20. The highest BCUT2D eigenvalue weighted by Crippen LogP contribution is 2.38. The molecule has 0 spiro atoms. The standard InChI is InChI=1S/C21H22F3NO3S/c1-4-14(21(22,23)24)7-5-13-6-10-17(18(11-13)27-3)28-20-25-16-9-8-15(26-2)12-19(16)29-20/h6,8-12,14H,4-5,7H2,1-3H3. The lowest BCUT2D eigenvalue weighted by Crippen LogP contribution is -2.22. The number of fused-ring (bicyclic) bond motifs is 1. The highest BCUT2D eigenvalue weighted by atomic mass is 32.1. The summed E-state index contributed by atoms with van der Waals surface area (Å²) in [6, 6.07) is 10.7. The van der Waals surface area contributed by atoms with Gasteiger partial charge in [-0.1, -0.05) is 24.3 Å². The summed E-state index contributed by atoms with van der Waals surface area (Å²) in [6.45, 7) is 1.56. The molecule has 3 aromatic rings. The Hall–Kier alpha value is -2.48. The number of nitrogens with zero attached hydrogens (tertiary/aromatic N) is 1. The van der Waals surface area contributed by atoms with Gasteiger partial charge in [-0.2, -0.15) is 13.2 Å². The molecule has 1 heterocycles. The van der Waals surface area contributed by atoms with Crippen LogP contribution in [0.1, 0.15) is 25.3 Å². The molecule has 0 radical (unpaired) electrons. The van der Waals surface area contributed by atoms with Crippen molar-refractivity contribution in [1.82, 2.24) is 4.98 Å². The third kappa shape index (κ3) is 5.12. The van der Waals surface area contributed by atoms with Gasteiger partial charge in [0.2, 0.25) is 0 Å². The van der Waals surface area contributed by atoms with E-state index in [1.165, 1.54) is 18.4 Å². The Morgan fingerprint density at radius 3 is 2.48 bits per heavy atom. The predicted octanol–water partition coefficient (Wildman–Crippen LogP) is 6.63. The van der Waals surface area contributed by atoms with Crippen molar-refractivity contribution in [1.29, 1.82) is 0 Å². The van der Waals surface area contributed by atoms with Crippen molar-refractivity contribution in [2.24, 2.45) is 5.92 Å². The lowest BCUT2D eigenvalue weighted by molar-refractivity contribution is -0.176. The summed E-state index contributed by atoms with van der Waals surface area (Å²) < 4.78 is 56.3. The molecule has 0 fully saturated rings. The van der Waals surface area contributed by atoms with Gasteiger partial charge in [0.05, 0.1) is 30.4 Å². The Balaban J connectivity index is 1.75. The number of aryl methyl sites for hydroxylation is 1. The van der Waals surface area contributed by atoms with Gasteiger partial charge < -0.3 is 14.2 Å². The summed E-state index contributed by atoms with van der Waals surface area (Å²) in [7, 11) is 3.10. The Labute approximate surface area is 171 Å². The monoisotopic (exact) mass is 425 g/mol. The molecule has 0 bridgehead atoms. The van der Waals surface area contributed by atoms with Gasteiger partial charge in [0.15, 0.2) is 11.5 Å². The highest BCUT2D eigenvalue weighted by molar-refractivity contribution is 7.20. The van der Waals surface area contributed by atoms with E-state index in [1.54, 1.807) is 32.2 Å². The molecule has 1 aromatic heterocycles. The number of benzene rings is 2. The lowest BCUT2D eigenvalue weighted by atomic mass is 9.96. The first-order chi connectivity index (χ1) is 13.8. The van der Waals surface area contributed by atoms with E-state index in [-0.39, 0.29) is 12.8 Å². The number of thiazole rings is 1. The van der Waals surface area contributed by atoms with Crippen LogP contribution in [0.3, 0.4) is 0 Å². The highest BCUT2D eigenvalue weighted by Gasteiger charge is 2.37. The van der Waals surface area contributed by atoms with Crippen molar-refractivity contribution >= 4 is 21.6 Å². The van der Waals surface area contributed by atoms with Crippen LogP contribution in [-0.4, -0.2) is 25.4 Å². The molecule has 0 aliphatic rings. The first kappa shape index (κ1) is 21.2. The molecule has 1 atom stereocenters. The normalized spacial score (nSPS) is 12.8. The van der Waals surface area contributed by atoms with E-state index in [4.69, 9.17) is 14.2 Å². The van der Waals surface area contributed by atoms with Gasteiger partial charge in [0.1, 0.15) is 5.75 Å². The second-order valence-corrected chi connectivity index (χ2v) is 7.58. The first-order valence-corrected chi connectivity index (χ1v) is 10.0. The molecule has 0 aliphatic heterocycles. The van der Waals surface area contributed by atoms with Crippen molar-refractivity contribution in [3.63, 3.8) is 0 Å². The molecule has 2 aromatic carbocycles. The third-order valence-corrected chi connectivity index (χ3v) is 5.63. The smallest absolute Gasteiger partial charge is 0.391 e. The minimum absolute atomic E-state index is 0.0447. The molecule has 4 nitrogen and oxygen atoms in total. The van der Waals surface area contributed by atoms with E-state index in [9.17, 15) is 13.2 Å². The van der Waals surface area contributed by atoms with Crippen LogP contribution in [0.2, 0.25) is 0 Å². The zero-order chi connectivity index (χ0) is 21.0. The van der Waals surface area contributed by atoms with E-state index in [1.807, 2.05) is 18.2 Å². The van der Waals surface area contributed by atoms with Crippen LogP contribution >= 0.6 is 11.3 Å². The van der Waals surface area contributed by atoms with Crippen molar-refractivity contribution in [2.75, 3.05) is 14.2 Å². The van der Waals surface area contributed by atoms with E-state index in [0.717, 1.165) is 21.5 Å². The number of rotatable bonds is 8. The molecule has 0 saturated carbocycles. The zero-order valence-electron chi connectivity index (χ0n) is 16.4. The molecule has 1 unspecified atom stereocenters. The van der Waals surface area contributed by atoms with E-state index >= 15 is 0 Å². The summed E-state index contributed by atoms with van der Waals surface area (Å²) in [6.07, 6.45) is -3.74. The molecule has 0 aliphatic carbocycles. The van der Waals surface area contributed by atoms with E-state index in [2.05, 4.69) is 4.98 Å². The molecule has 3 rings (SSSR count). The van der Waals surface area contributed by atoms with Crippen LogP contribution in [-0.2, 0) is 6.42 Å². The maximum Gasteiger partial charge on any atom is 0.391 e. The number of alkyl halides is 3. The Kier molecular flexibility index (Phi) is 6.52. The van der Waals surface area contributed by atoms with Crippen molar-refractivity contribution in [3.8, 4) is 22.4 Å². The summed E-state index contributed by atoms with van der Waals surface area (Å²) in [5.41, 5.74) is 1.56. The van der Waals surface area contributed by atoms with Crippen molar-refractivity contribution in [2.45, 2.75) is 32.4 Å². The van der Waals surface area contributed by atoms with Crippen LogP contribution in [0, 0.1) is 5.92 Å². The number of methoxy groups -OCH3 is 2. The maximum atomic E-state index is 13.0. The molecular formula is C21H22F3NO3S. The SMILES string of the molecule is CCC(CCc1ccc(Oc2nc3ccc(OC)cc3s2)c(OC)c1)C(F)(F)F. The van der Waals surface area contributed by atoms with Crippen LogP contribution in [0.5, 0.6) is 22.4 Å². The number of hydrogen-bond donors (Lipinski definition) is 0. The summed E-state index contributed by atoms with van der Waals surface area (Å²) in [5.74, 6) is 0.354. The number of halogens is 3. The van der Waals surface area contributed by atoms with Crippen molar-refractivity contribution in [3.05, 3.63) is 42.0 Å². The van der Waals surface area contributed by atoms with Crippen LogP contribution in [0.25, 0.3) is 10.2 Å². The maximum absolute atomic E-state index is 13.0. The fourth-order valence-electron chi connectivity index (χ4n) is 3.04. The second kappa shape index (κ2) is 8.90. The fourth-order valence-corrected chi connectivity index (χ4v) is 3.90. The Bertz CT molecular complexity index is 971. The quantitative estimate of drug-likeness (QED) is 0.406. The molecular weight excluding hydrogens is 403 g/mol. The lowest BCUT2D eigenvalue weighted by Gasteiger charge is -2.18. The van der Waals surface area contributed by atoms with Gasteiger partial charge in [0.25, 0.3) is 5.19 Å². The number of aromatic nitrogens is 1. The van der Waals surface area contributed by atoms with Crippen LogP contribution < -0.4 is 14.2 Å².